The van der Waals surface area contributed by atoms with Crippen LogP contribution in [0.15, 0.2) is 18.2 Å². The average molecular weight is 148 g/mol. The molecule has 0 aromatic heterocycles. The first kappa shape index (κ1) is 6.89. The van der Waals surface area contributed by atoms with Gasteiger partial charge in [-0.05, 0) is 17.9 Å². The van der Waals surface area contributed by atoms with Crippen LogP contribution in [0.5, 0.6) is 0 Å². The van der Waals surface area contributed by atoms with Crippen LogP contribution in [0.1, 0.15) is 11.1 Å². The zero-order valence-electron chi connectivity index (χ0n) is 6.37. The van der Waals surface area contributed by atoms with Gasteiger partial charge in [0.25, 0.3) is 0 Å². The maximum atomic E-state index is 9.34. The molecule has 0 atom stereocenters. The molecule has 0 saturated carbocycles. The summed E-state index contributed by atoms with van der Waals surface area (Å²) in [5, 5.41) is 9.34. The molecule has 11 heavy (non-hydrogen) atoms. The van der Waals surface area contributed by atoms with Gasteiger partial charge in [-0.3, -0.25) is 0 Å². The summed E-state index contributed by atoms with van der Waals surface area (Å²) in [6, 6.07) is 5.95. The minimum atomic E-state index is -0.703. The van der Waals surface area contributed by atoms with Crippen LogP contribution >= 0.6 is 0 Å². The molecule has 56 valence electrons. The van der Waals surface area contributed by atoms with Crippen molar-refractivity contribution in [3.8, 4) is 0 Å². The molecule has 1 aromatic rings. The second-order valence-electron chi connectivity index (χ2n) is 2.81. The average Bonchev–Trinajstić information content (AvgIpc) is 2.34. The van der Waals surface area contributed by atoms with E-state index in [4.69, 9.17) is 4.65 Å². The molecule has 0 saturated heterocycles. The minimum Gasteiger partial charge on any atom is -0.423 e. The van der Waals surface area contributed by atoms with Gasteiger partial charge in [0.05, 0.1) is 6.61 Å². The molecule has 1 aliphatic rings. The number of hydrogen-bond donors (Lipinski definition) is 1. The summed E-state index contributed by atoms with van der Waals surface area (Å²) in [4.78, 5) is 0. The predicted octanol–water partition coefficient (Wildman–Crippen LogP) is 0.213. The Balaban J connectivity index is 2.58. The standard InChI is InChI=1S/C8H9BO2/c1-6-3-2-4-7-5-11-9(10)8(6)7/h2-4,10H,5H2,1H3. The van der Waals surface area contributed by atoms with Gasteiger partial charge in [0.15, 0.2) is 0 Å². The van der Waals surface area contributed by atoms with E-state index in [2.05, 4.69) is 0 Å². The highest BCUT2D eigenvalue weighted by atomic mass is 16.5. The van der Waals surface area contributed by atoms with Gasteiger partial charge in [0.2, 0.25) is 0 Å². The maximum Gasteiger partial charge on any atom is 0.492 e. The topological polar surface area (TPSA) is 29.5 Å². The Morgan fingerprint density at radius 1 is 1.55 bits per heavy atom. The highest BCUT2D eigenvalue weighted by Crippen LogP contribution is 2.11. The third-order valence-electron chi connectivity index (χ3n) is 2.06. The Morgan fingerprint density at radius 3 is 3.09 bits per heavy atom. The van der Waals surface area contributed by atoms with E-state index in [1.165, 1.54) is 0 Å². The first-order valence-electron chi connectivity index (χ1n) is 3.67. The van der Waals surface area contributed by atoms with Gasteiger partial charge in [-0.25, -0.2) is 0 Å². The Kier molecular flexibility index (Phi) is 1.48. The van der Waals surface area contributed by atoms with Crippen molar-refractivity contribution in [3.63, 3.8) is 0 Å². The van der Waals surface area contributed by atoms with Crippen LogP contribution in [0.3, 0.4) is 0 Å². The van der Waals surface area contributed by atoms with E-state index in [0.717, 1.165) is 16.6 Å². The maximum absolute atomic E-state index is 9.34. The molecule has 2 rings (SSSR count). The third-order valence-corrected chi connectivity index (χ3v) is 2.06. The lowest BCUT2D eigenvalue weighted by molar-refractivity contribution is 0.275. The largest absolute Gasteiger partial charge is 0.492 e. The summed E-state index contributed by atoms with van der Waals surface area (Å²) in [6.45, 7) is 2.52. The zero-order valence-corrected chi connectivity index (χ0v) is 6.37. The molecule has 0 amide bonds. The number of rotatable bonds is 0. The third kappa shape index (κ3) is 0.969. The normalized spacial score (nSPS) is 15.3. The summed E-state index contributed by atoms with van der Waals surface area (Å²) < 4.78 is 5.06. The van der Waals surface area contributed by atoms with Crippen molar-refractivity contribution in [2.24, 2.45) is 0 Å². The van der Waals surface area contributed by atoms with E-state index in [0.29, 0.717) is 6.61 Å². The number of hydrogen-bond acceptors (Lipinski definition) is 2. The van der Waals surface area contributed by atoms with Crippen LogP contribution < -0.4 is 5.46 Å². The van der Waals surface area contributed by atoms with Crippen molar-refractivity contribution in [1.82, 2.24) is 0 Å². The molecule has 0 aliphatic carbocycles. The first-order chi connectivity index (χ1) is 5.29. The number of aryl methyl sites for hydroxylation is 1. The molecule has 0 spiro atoms. The van der Waals surface area contributed by atoms with Crippen molar-refractivity contribution >= 4 is 12.6 Å². The molecule has 2 nitrogen and oxygen atoms in total. The second kappa shape index (κ2) is 2.36. The molecular formula is C8H9BO2. The molecule has 1 heterocycles. The van der Waals surface area contributed by atoms with Crippen LogP contribution in [0, 0.1) is 6.92 Å². The van der Waals surface area contributed by atoms with Crippen molar-refractivity contribution in [3.05, 3.63) is 29.3 Å². The van der Waals surface area contributed by atoms with Crippen LogP contribution in [-0.4, -0.2) is 12.1 Å². The fourth-order valence-corrected chi connectivity index (χ4v) is 1.47. The quantitative estimate of drug-likeness (QED) is 0.533. The molecule has 1 N–H and O–H groups in total. The van der Waals surface area contributed by atoms with Gasteiger partial charge in [0.1, 0.15) is 0 Å². The molecule has 0 fully saturated rings. The molecule has 1 aromatic carbocycles. The van der Waals surface area contributed by atoms with Gasteiger partial charge in [-0.15, -0.1) is 0 Å². The fourth-order valence-electron chi connectivity index (χ4n) is 1.47. The Morgan fingerprint density at radius 2 is 2.36 bits per heavy atom. The molecule has 0 radical (unpaired) electrons. The Bertz CT molecular complexity index is 285. The molecule has 3 heteroatoms. The van der Waals surface area contributed by atoms with Crippen LogP contribution in [-0.2, 0) is 11.3 Å². The van der Waals surface area contributed by atoms with Crippen molar-refractivity contribution < 1.29 is 9.68 Å². The monoisotopic (exact) mass is 148 g/mol. The van der Waals surface area contributed by atoms with Crippen molar-refractivity contribution in [2.75, 3.05) is 0 Å². The van der Waals surface area contributed by atoms with Crippen molar-refractivity contribution in [1.29, 1.82) is 0 Å². The molecule has 1 aliphatic heterocycles. The van der Waals surface area contributed by atoms with Crippen LogP contribution in [0.4, 0.5) is 0 Å². The van der Waals surface area contributed by atoms with E-state index in [1.54, 1.807) is 0 Å². The second-order valence-corrected chi connectivity index (χ2v) is 2.81. The highest BCUT2D eigenvalue weighted by molar-refractivity contribution is 6.62. The van der Waals surface area contributed by atoms with E-state index in [9.17, 15) is 5.02 Å². The Labute approximate surface area is 66.0 Å². The molecular weight excluding hydrogens is 139 g/mol. The number of fused-ring (bicyclic) bond motifs is 1. The predicted molar refractivity (Wildman–Crippen MR) is 43.6 cm³/mol. The van der Waals surface area contributed by atoms with Crippen LogP contribution in [0.25, 0.3) is 0 Å². The van der Waals surface area contributed by atoms with Gasteiger partial charge < -0.3 is 9.68 Å². The molecule has 0 unspecified atom stereocenters. The lowest BCUT2D eigenvalue weighted by Gasteiger charge is -2.00. The van der Waals surface area contributed by atoms with E-state index in [-0.39, 0.29) is 0 Å². The first-order valence-corrected chi connectivity index (χ1v) is 3.67. The summed E-state index contributed by atoms with van der Waals surface area (Å²) in [6.07, 6.45) is 0. The van der Waals surface area contributed by atoms with Gasteiger partial charge in [0, 0.05) is 0 Å². The summed E-state index contributed by atoms with van der Waals surface area (Å²) in [5.74, 6) is 0. The highest BCUT2D eigenvalue weighted by Gasteiger charge is 2.28. The number of benzene rings is 1. The van der Waals surface area contributed by atoms with E-state index >= 15 is 0 Å². The molecule has 0 bridgehead atoms. The smallest absolute Gasteiger partial charge is 0.423 e. The lowest BCUT2D eigenvalue weighted by Crippen LogP contribution is -2.30. The fraction of sp³-hybridized carbons (Fsp3) is 0.250. The zero-order chi connectivity index (χ0) is 7.84. The lowest BCUT2D eigenvalue weighted by atomic mass is 9.77. The van der Waals surface area contributed by atoms with Gasteiger partial charge in [-0.2, -0.15) is 0 Å². The van der Waals surface area contributed by atoms with E-state index < -0.39 is 7.12 Å². The van der Waals surface area contributed by atoms with Crippen LogP contribution in [0.2, 0.25) is 0 Å². The Hall–Kier alpha value is -0.795. The van der Waals surface area contributed by atoms with Gasteiger partial charge >= 0.3 is 7.12 Å². The summed E-state index contributed by atoms with van der Waals surface area (Å²) >= 11 is 0. The summed E-state index contributed by atoms with van der Waals surface area (Å²) in [7, 11) is -0.703. The SMILES string of the molecule is Cc1cccc2c1B(O)OC2. The van der Waals surface area contributed by atoms with E-state index in [1.807, 2.05) is 25.1 Å². The minimum absolute atomic E-state index is 0.540. The van der Waals surface area contributed by atoms with Crippen molar-refractivity contribution in [2.45, 2.75) is 13.5 Å². The van der Waals surface area contributed by atoms with Gasteiger partial charge in [-0.1, -0.05) is 23.8 Å². The summed E-state index contributed by atoms with van der Waals surface area (Å²) in [5.41, 5.74) is 3.16.